The smallest absolute Gasteiger partial charge is 0.408 e. The minimum atomic E-state index is -0.870. The summed E-state index contributed by atoms with van der Waals surface area (Å²) in [6.45, 7) is 5.19. The molecule has 128 valence electrons. The van der Waals surface area contributed by atoms with Crippen molar-refractivity contribution in [2.75, 3.05) is 12.9 Å². The van der Waals surface area contributed by atoms with Crippen molar-refractivity contribution < 1.29 is 19.1 Å². The molecule has 0 aliphatic carbocycles. The molecule has 0 saturated heterocycles. The zero-order valence-electron chi connectivity index (χ0n) is 13.2. The normalized spacial score (nSPS) is 12.4. The van der Waals surface area contributed by atoms with Crippen molar-refractivity contribution in [2.24, 2.45) is 0 Å². The van der Waals surface area contributed by atoms with Gasteiger partial charge in [-0.3, -0.25) is 0 Å². The van der Waals surface area contributed by atoms with Crippen LogP contribution >= 0.6 is 35.0 Å². The lowest BCUT2D eigenvalue weighted by atomic mass is 10.2. The summed E-state index contributed by atoms with van der Waals surface area (Å²) < 4.78 is 9.83. The Hall–Kier alpha value is -1.18. The number of hydrogen-bond acceptors (Lipinski definition) is 6. The van der Waals surface area contributed by atoms with Crippen LogP contribution in [0.25, 0.3) is 0 Å². The Morgan fingerprint density at radius 1 is 1.30 bits per heavy atom. The maximum Gasteiger partial charge on any atom is 0.408 e. The Kier molecular flexibility index (Phi) is 7.44. The number of methoxy groups -OCH3 is 1. The average Bonchev–Trinajstić information content (AvgIpc) is 2.39. The van der Waals surface area contributed by atoms with Crippen LogP contribution < -0.4 is 5.32 Å². The molecule has 0 spiro atoms. The van der Waals surface area contributed by atoms with Gasteiger partial charge < -0.3 is 14.8 Å². The first kappa shape index (κ1) is 19.9. The summed E-state index contributed by atoms with van der Waals surface area (Å²) in [6.07, 6.45) is -0.695. The van der Waals surface area contributed by atoms with Gasteiger partial charge in [-0.15, -0.1) is 11.8 Å². The van der Waals surface area contributed by atoms with Gasteiger partial charge in [0, 0.05) is 10.6 Å². The highest BCUT2D eigenvalue weighted by atomic mass is 35.5. The number of aromatic nitrogens is 1. The summed E-state index contributed by atoms with van der Waals surface area (Å²) in [5.41, 5.74) is -0.663. The second-order valence-electron chi connectivity index (χ2n) is 5.48. The molecule has 6 nitrogen and oxygen atoms in total. The lowest BCUT2D eigenvalue weighted by Crippen LogP contribution is -2.45. The van der Waals surface area contributed by atoms with E-state index in [4.69, 9.17) is 32.7 Å². The molecule has 23 heavy (non-hydrogen) atoms. The molecule has 1 aromatic rings. The SMILES string of the molecule is COC(=O)[C@H](CSc1cc(Cl)nc(Cl)c1)NC(=O)OC(C)(C)C. The number of rotatable bonds is 5. The van der Waals surface area contributed by atoms with Gasteiger partial charge in [0.25, 0.3) is 0 Å². The zero-order valence-corrected chi connectivity index (χ0v) is 15.5. The van der Waals surface area contributed by atoms with E-state index in [1.165, 1.54) is 18.9 Å². The van der Waals surface area contributed by atoms with Crippen molar-refractivity contribution in [3.8, 4) is 0 Å². The second kappa shape index (κ2) is 8.61. The van der Waals surface area contributed by atoms with Crippen LogP contribution in [-0.4, -0.2) is 41.6 Å². The minimum Gasteiger partial charge on any atom is -0.467 e. The van der Waals surface area contributed by atoms with Crippen molar-refractivity contribution in [3.63, 3.8) is 0 Å². The fourth-order valence-electron chi connectivity index (χ4n) is 1.47. The van der Waals surface area contributed by atoms with Gasteiger partial charge in [0.15, 0.2) is 0 Å². The molecule has 0 bridgehead atoms. The third-order valence-electron chi connectivity index (χ3n) is 2.33. The van der Waals surface area contributed by atoms with Crippen LogP contribution in [0.2, 0.25) is 10.3 Å². The van der Waals surface area contributed by atoms with E-state index in [9.17, 15) is 9.59 Å². The molecule has 0 saturated carbocycles. The molecular formula is C14H18Cl2N2O4S. The Bertz CT molecular complexity index is 558. The molecule has 0 unspecified atom stereocenters. The van der Waals surface area contributed by atoms with Crippen molar-refractivity contribution in [3.05, 3.63) is 22.4 Å². The first-order valence-corrected chi connectivity index (χ1v) is 8.38. The van der Waals surface area contributed by atoms with Crippen LogP contribution in [-0.2, 0) is 14.3 Å². The molecule has 0 radical (unpaired) electrons. The van der Waals surface area contributed by atoms with Gasteiger partial charge in [0.05, 0.1) is 7.11 Å². The van der Waals surface area contributed by atoms with E-state index in [2.05, 4.69) is 10.3 Å². The van der Waals surface area contributed by atoms with Crippen LogP contribution in [0, 0.1) is 0 Å². The van der Waals surface area contributed by atoms with E-state index in [0.717, 1.165) is 4.90 Å². The summed E-state index contributed by atoms with van der Waals surface area (Å²) in [4.78, 5) is 28.2. The molecule has 9 heteroatoms. The highest BCUT2D eigenvalue weighted by molar-refractivity contribution is 7.99. The number of nitrogens with zero attached hydrogens (tertiary/aromatic N) is 1. The number of thioether (sulfide) groups is 1. The van der Waals surface area contributed by atoms with Crippen LogP contribution in [0.5, 0.6) is 0 Å². The van der Waals surface area contributed by atoms with Crippen molar-refractivity contribution in [2.45, 2.75) is 37.3 Å². The molecule has 0 aliphatic heterocycles. The number of alkyl carbamates (subject to hydrolysis) is 1. The van der Waals surface area contributed by atoms with E-state index >= 15 is 0 Å². The number of hydrogen-bond donors (Lipinski definition) is 1. The largest absolute Gasteiger partial charge is 0.467 e. The van der Waals surface area contributed by atoms with Gasteiger partial charge >= 0.3 is 12.1 Å². The standard InChI is InChI=1S/C14H18Cl2N2O4S/c1-14(2,3)22-13(20)17-9(12(19)21-4)7-23-8-5-10(15)18-11(16)6-8/h5-6,9H,7H2,1-4H3,(H,17,20)/t9-/m0/s1. The first-order valence-electron chi connectivity index (χ1n) is 6.64. The van der Waals surface area contributed by atoms with Gasteiger partial charge in [0.2, 0.25) is 0 Å². The predicted octanol–water partition coefficient (Wildman–Crippen LogP) is 3.55. The molecular weight excluding hydrogens is 363 g/mol. The number of ether oxygens (including phenoxy) is 2. The first-order chi connectivity index (χ1) is 10.6. The lowest BCUT2D eigenvalue weighted by molar-refractivity contribution is -0.142. The van der Waals surface area contributed by atoms with Crippen LogP contribution in [0.4, 0.5) is 4.79 Å². The average molecular weight is 381 g/mol. The van der Waals surface area contributed by atoms with Crippen LogP contribution in [0.3, 0.4) is 0 Å². The van der Waals surface area contributed by atoms with Gasteiger partial charge in [-0.05, 0) is 32.9 Å². The Balaban J connectivity index is 2.71. The van der Waals surface area contributed by atoms with Crippen LogP contribution in [0.15, 0.2) is 17.0 Å². The van der Waals surface area contributed by atoms with Crippen molar-refractivity contribution in [1.82, 2.24) is 10.3 Å². The Labute approximate surface area is 149 Å². The molecule has 1 aromatic heterocycles. The monoisotopic (exact) mass is 380 g/mol. The molecule has 1 N–H and O–H groups in total. The summed E-state index contributed by atoms with van der Waals surface area (Å²) in [6, 6.07) is 2.35. The van der Waals surface area contributed by atoms with E-state index in [1.54, 1.807) is 32.9 Å². The fourth-order valence-corrected chi connectivity index (χ4v) is 3.02. The van der Waals surface area contributed by atoms with Gasteiger partial charge in [-0.1, -0.05) is 23.2 Å². The van der Waals surface area contributed by atoms with Crippen molar-refractivity contribution in [1.29, 1.82) is 0 Å². The maximum atomic E-state index is 11.8. The highest BCUT2D eigenvalue weighted by Crippen LogP contribution is 2.24. The van der Waals surface area contributed by atoms with Crippen molar-refractivity contribution >= 4 is 47.0 Å². The molecule has 1 rings (SSSR count). The number of carbonyl (C=O) groups is 2. The quantitative estimate of drug-likeness (QED) is 0.478. The molecule has 1 atom stereocenters. The summed E-state index contributed by atoms with van der Waals surface area (Å²) >= 11 is 12.9. The van der Waals surface area contributed by atoms with E-state index in [-0.39, 0.29) is 16.1 Å². The Morgan fingerprint density at radius 2 is 1.87 bits per heavy atom. The molecule has 0 aliphatic rings. The third-order valence-corrected chi connectivity index (χ3v) is 3.79. The topological polar surface area (TPSA) is 77.5 Å². The fraction of sp³-hybridized carbons (Fsp3) is 0.500. The number of carbonyl (C=O) groups excluding carboxylic acids is 2. The summed E-state index contributed by atoms with van der Waals surface area (Å²) in [7, 11) is 1.25. The van der Waals surface area contributed by atoms with Gasteiger partial charge in [-0.2, -0.15) is 0 Å². The molecule has 1 heterocycles. The van der Waals surface area contributed by atoms with Gasteiger partial charge in [-0.25, -0.2) is 14.6 Å². The number of amides is 1. The lowest BCUT2D eigenvalue weighted by Gasteiger charge is -2.22. The van der Waals surface area contributed by atoms with E-state index < -0.39 is 23.7 Å². The third kappa shape index (κ3) is 7.76. The zero-order chi connectivity index (χ0) is 17.6. The highest BCUT2D eigenvalue weighted by Gasteiger charge is 2.25. The minimum absolute atomic E-state index is 0.225. The van der Waals surface area contributed by atoms with E-state index in [0.29, 0.717) is 0 Å². The Morgan fingerprint density at radius 3 is 2.35 bits per heavy atom. The van der Waals surface area contributed by atoms with E-state index in [1.807, 2.05) is 0 Å². The number of pyridine rings is 1. The number of esters is 1. The number of nitrogens with one attached hydrogen (secondary N) is 1. The van der Waals surface area contributed by atoms with Gasteiger partial charge in [0.1, 0.15) is 21.9 Å². The summed E-state index contributed by atoms with van der Waals surface area (Å²) in [5.74, 6) is -0.350. The number of halogens is 2. The van der Waals surface area contributed by atoms with Crippen LogP contribution in [0.1, 0.15) is 20.8 Å². The summed E-state index contributed by atoms with van der Waals surface area (Å²) in [5, 5.41) is 2.98. The maximum absolute atomic E-state index is 11.8. The second-order valence-corrected chi connectivity index (χ2v) is 7.35. The molecule has 0 aromatic carbocycles. The predicted molar refractivity (Wildman–Crippen MR) is 90.2 cm³/mol. The molecule has 1 amide bonds. The molecule has 0 fully saturated rings.